The van der Waals surface area contributed by atoms with Gasteiger partial charge in [-0.15, -0.1) is 11.8 Å². The first-order chi connectivity index (χ1) is 9.60. The molecule has 0 aliphatic heterocycles. The number of halogens is 2. The van der Waals surface area contributed by atoms with Gasteiger partial charge in [-0.05, 0) is 46.6 Å². The molecule has 0 saturated heterocycles. The Bertz CT molecular complexity index is 641. The van der Waals surface area contributed by atoms with Crippen LogP contribution in [0.25, 0.3) is 0 Å². The van der Waals surface area contributed by atoms with Crippen molar-refractivity contribution < 1.29 is 0 Å². The summed E-state index contributed by atoms with van der Waals surface area (Å²) in [5, 5.41) is 0.751. The number of nitrogens with one attached hydrogen (secondary N) is 1. The normalized spacial score (nSPS) is 10.8. The second-order valence-corrected chi connectivity index (χ2v) is 6.94. The van der Waals surface area contributed by atoms with E-state index in [4.69, 9.17) is 23.8 Å². The fourth-order valence-electron chi connectivity index (χ4n) is 1.73. The lowest BCUT2D eigenvalue weighted by atomic mass is 10.2. The van der Waals surface area contributed by atoms with Crippen LogP contribution < -0.4 is 0 Å². The van der Waals surface area contributed by atoms with Crippen molar-refractivity contribution in [3.05, 3.63) is 49.9 Å². The van der Waals surface area contributed by atoms with Crippen LogP contribution in [0.3, 0.4) is 0 Å². The van der Waals surface area contributed by atoms with Gasteiger partial charge in [0, 0.05) is 15.6 Å². The van der Waals surface area contributed by atoms with Crippen molar-refractivity contribution in [1.29, 1.82) is 0 Å². The van der Waals surface area contributed by atoms with Crippen molar-refractivity contribution in [1.82, 2.24) is 9.97 Å². The third-order valence-corrected chi connectivity index (χ3v) is 5.36. The molecule has 0 spiro atoms. The van der Waals surface area contributed by atoms with E-state index in [1.165, 1.54) is 0 Å². The maximum absolute atomic E-state index is 5.88. The first-order valence-corrected chi connectivity index (χ1v) is 8.82. The minimum absolute atomic E-state index is 0.624. The van der Waals surface area contributed by atoms with Crippen molar-refractivity contribution in [2.24, 2.45) is 0 Å². The molecule has 20 heavy (non-hydrogen) atoms. The van der Waals surface area contributed by atoms with Gasteiger partial charge in [-0.3, -0.25) is 0 Å². The van der Waals surface area contributed by atoms with Crippen LogP contribution in [0.4, 0.5) is 0 Å². The number of H-pyrrole nitrogens is 1. The second-order valence-electron chi connectivity index (χ2n) is 4.27. The first-order valence-electron chi connectivity index (χ1n) is 6.26. The van der Waals surface area contributed by atoms with Gasteiger partial charge in [-0.1, -0.05) is 37.2 Å². The third-order valence-electron chi connectivity index (χ3n) is 2.67. The molecule has 0 saturated carbocycles. The van der Waals surface area contributed by atoms with Crippen LogP contribution in [-0.4, -0.2) is 9.97 Å². The Kier molecular flexibility index (Phi) is 6.08. The molecule has 1 aromatic heterocycles. The van der Waals surface area contributed by atoms with Crippen LogP contribution in [0, 0.1) is 4.64 Å². The SMILES string of the molecule is CCCc1[nH]c(CSc2ccc(Cl)cc2)nc(=S)c1Br. The predicted molar refractivity (Wildman–Crippen MR) is 92.1 cm³/mol. The van der Waals surface area contributed by atoms with Gasteiger partial charge in [0.25, 0.3) is 0 Å². The zero-order chi connectivity index (χ0) is 14.5. The standard InChI is InChI=1S/C14H14BrClN2S2/c1-2-3-11-13(15)14(19)18-12(17-11)8-20-10-6-4-9(16)5-7-10/h4-7H,2-3,8H2,1H3,(H,17,18,19). The minimum Gasteiger partial charge on any atom is -0.345 e. The van der Waals surface area contributed by atoms with E-state index in [0.29, 0.717) is 4.64 Å². The highest BCUT2D eigenvalue weighted by Gasteiger charge is 2.06. The van der Waals surface area contributed by atoms with Crippen molar-refractivity contribution in [2.75, 3.05) is 0 Å². The van der Waals surface area contributed by atoms with Gasteiger partial charge in [-0.25, -0.2) is 4.98 Å². The maximum Gasteiger partial charge on any atom is 0.144 e. The van der Waals surface area contributed by atoms with Gasteiger partial charge in [0.05, 0.1) is 10.2 Å². The monoisotopic (exact) mass is 388 g/mol. The number of aromatic amines is 1. The Morgan fingerprint density at radius 3 is 2.70 bits per heavy atom. The smallest absolute Gasteiger partial charge is 0.144 e. The van der Waals surface area contributed by atoms with Gasteiger partial charge in [-0.2, -0.15) is 0 Å². The molecule has 0 aliphatic rings. The fraction of sp³-hybridized carbons (Fsp3) is 0.286. The predicted octanol–water partition coefficient (Wildman–Crippen LogP) is 5.80. The van der Waals surface area contributed by atoms with Gasteiger partial charge in [0.2, 0.25) is 0 Å². The first kappa shape index (κ1) is 16.0. The molecule has 0 aliphatic carbocycles. The minimum atomic E-state index is 0.624. The summed E-state index contributed by atoms with van der Waals surface area (Å²) in [6, 6.07) is 7.80. The molecule has 0 bridgehead atoms. The van der Waals surface area contributed by atoms with E-state index in [-0.39, 0.29) is 0 Å². The topological polar surface area (TPSA) is 28.7 Å². The number of thioether (sulfide) groups is 1. The molecule has 0 radical (unpaired) electrons. The van der Waals surface area contributed by atoms with Crippen molar-refractivity contribution in [3.63, 3.8) is 0 Å². The molecule has 0 amide bonds. The van der Waals surface area contributed by atoms with E-state index < -0.39 is 0 Å². The summed E-state index contributed by atoms with van der Waals surface area (Å²) in [5.41, 5.74) is 1.12. The quantitative estimate of drug-likeness (QED) is 0.517. The van der Waals surface area contributed by atoms with Crippen LogP contribution in [0.5, 0.6) is 0 Å². The van der Waals surface area contributed by atoms with E-state index in [9.17, 15) is 0 Å². The summed E-state index contributed by atoms with van der Waals surface area (Å²) in [6.45, 7) is 2.14. The highest BCUT2D eigenvalue weighted by atomic mass is 79.9. The van der Waals surface area contributed by atoms with Crippen LogP contribution in [0.2, 0.25) is 5.02 Å². The molecule has 106 valence electrons. The van der Waals surface area contributed by atoms with Crippen LogP contribution in [0.15, 0.2) is 33.6 Å². The van der Waals surface area contributed by atoms with Crippen LogP contribution in [0.1, 0.15) is 24.9 Å². The summed E-state index contributed by atoms with van der Waals surface area (Å²) in [4.78, 5) is 8.94. The highest BCUT2D eigenvalue weighted by molar-refractivity contribution is 9.10. The number of hydrogen-bond acceptors (Lipinski definition) is 3. The van der Waals surface area contributed by atoms with Gasteiger partial charge >= 0.3 is 0 Å². The van der Waals surface area contributed by atoms with Gasteiger partial charge < -0.3 is 4.98 Å². The summed E-state index contributed by atoms with van der Waals surface area (Å²) < 4.78 is 1.54. The third kappa shape index (κ3) is 4.32. The number of aromatic nitrogens is 2. The lowest BCUT2D eigenvalue weighted by Crippen LogP contribution is -2.00. The molecule has 0 unspecified atom stereocenters. The Balaban J connectivity index is 2.13. The van der Waals surface area contributed by atoms with Crippen LogP contribution >= 0.6 is 51.5 Å². The van der Waals surface area contributed by atoms with E-state index in [1.807, 2.05) is 24.3 Å². The number of hydrogen-bond donors (Lipinski definition) is 1. The Morgan fingerprint density at radius 1 is 1.35 bits per heavy atom. The molecular formula is C14H14BrClN2S2. The molecule has 0 fully saturated rings. The lowest BCUT2D eigenvalue weighted by molar-refractivity contribution is 0.842. The largest absolute Gasteiger partial charge is 0.345 e. The molecule has 2 rings (SSSR count). The number of aryl methyl sites for hydroxylation is 1. The summed E-state index contributed by atoms with van der Waals surface area (Å²) in [6.07, 6.45) is 2.03. The summed E-state index contributed by atoms with van der Waals surface area (Å²) >= 11 is 16.4. The zero-order valence-corrected chi connectivity index (χ0v) is 14.9. The molecule has 2 nitrogen and oxygen atoms in total. The zero-order valence-electron chi connectivity index (χ0n) is 11.0. The number of rotatable bonds is 5. The molecular weight excluding hydrogens is 376 g/mol. The fourth-order valence-corrected chi connectivity index (χ4v) is 3.24. The molecule has 0 atom stereocenters. The number of benzene rings is 1. The molecule has 1 N–H and O–H groups in total. The van der Waals surface area contributed by atoms with Crippen molar-refractivity contribution in [2.45, 2.75) is 30.4 Å². The molecule has 6 heteroatoms. The van der Waals surface area contributed by atoms with Gasteiger partial charge in [0.1, 0.15) is 10.5 Å². The Labute approximate surface area is 141 Å². The van der Waals surface area contributed by atoms with E-state index in [0.717, 1.165) is 44.5 Å². The molecule has 1 aromatic carbocycles. The number of nitrogens with zero attached hydrogens (tertiary/aromatic N) is 1. The average Bonchev–Trinajstić information content (AvgIpc) is 2.44. The Hall–Kier alpha value is -0.360. The maximum atomic E-state index is 5.88. The van der Waals surface area contributed by atoms with Crippen LogP contribution in [-0.2, 0) is 12.2 Å². The second kappa shape index (κ2) is 7.59. The summed E-state index contributed by atoms with van der Waals surface area (Å²) in [7, 11) is 0. The Morgan fingerprint density at radius 2 is 2.05 bits per heavy atom. The van der Waals surface area contributed by atoms with Crippen molar-refractivity contribution in [3.8, 4) is 0 Å². The van der Waals surface area contributed by atoms with E-state index in [1.54, 1.807) is 11.8 Å². The lowest BCUT2D eigenvalue weighted by Gasteiger charge is -2.07. The highest BCUT2D eigenvalue weighted by Crippen LogP contribution is 2.24. The van der Waals surface area contributed by atoms with Crippen molar-refractivity contribution >= 4 is 51.5 Å². The average molecular weight is 390 g/mol. The molecule has 2 aromatic rings. The van der Waals surface area contributed by atoms with E-state index in [2.05, 4.69) is 32.8 Å². The molecule has 1 heterocycles. The van der Waals surface area contributed by atoms with E-state index >= 15 is 0 Å². The summed E-state index contributed by atoms with van der Waals surface area (Å²) in [5.74, 6) is 1.66. The van der Waals surface area contributed by atoms with Gasteiger partial charge in [0.15, 0.2) is 0 Å².